The normalized spacial score (nSPS) is 18.9. The Morgan fingerprint density at radius 2 is 1.06 bits per heavy atom. The Balaban J connectivity index is 1.34. The van der Waals surface area contributed by atoms with Crippen molar-refractivity contribution in [1.29, 1.82) is 0 Å². The van der Waals surface area contributed by atoms with Crippen molar-refractivity contribution >= 4 is 79.7 Å². The molecule has 0 saturated carbocycles. The minimum absolute atomic E-state index is 0.235. The lowest BCUT2D eigenvalue weighted by atomic mass is 9.98. The van der Waals surface area contributed by atoms with Crippen LogP contribution < -0.4 is 30.7 Å². The lowest BCUT2D eigenvalue weighted by molar-refractivity contribution is 0.266. The van der Waals surface area contributed by atoms with Crippen molar-refractivity contribution in [3.05, 3.63) is 48.5 Å². The summed E-state index contributed by atoms with van der Waals surface area (Å²) in [6.45, 7) is 2.78. The molecular formula is C26H26O4P4. The average Bonchev–Trinajstić information content (AvgIpc) is 3.73. The fourth-order valence-electron chi connectivity index (χ4n) is 4.24. The van der Waals surface area contributed by atoms with E-state index in [0.717, 1.165) is 45.9 Å². The van der Waals surface area contributed by atoms with Gasteiger partial charge < -0.3 is 18.9 Å². The number of rotatable bonds is 7. The van der Waals surface area contributed by atoms with E-state index in [4.69, 9.17) is 18.9 Å². The number of hydrogen-bond donors (Lipinski definition) is 0. The molecule has 8 heteroatoms. The Hall–Kier alpha value is -1.36. The standard InChI is InChI=1S/C26H26O4P4/c31-21-7-15-5-13(1-3-19(15)25(33)23(21)29-11-17-9-27-17)14-2-4-20-16(6-14)8-22(32)24(26(20)34)30-12-18-10-28-18/h1-8,17-18H,9-12,31-34H2. The fourth-order valence-corrected chi connectivity index (χ4v) is 6.43. The third-order valence-electron chi connectivity index (χ3n) is 6.28. The molecule has 0 bridgehead atoms. The van der Waals surface area contributed by atoms with Crippen molar-refractivity contribution in [2.75, 3.05) is 26.4 Å². The predicted octanol–water partition coefficient (Wildman–Crippen LogP) is 3.22. The Kier molecular flexibility index (Phi) is 6.28. The van der Waals surface area contributed by atoms with Gasteiger partial charge in [0.25, 0.3) is 0 Å². The highest BCUT2D eigenvalue weighted by Gasteiger charge is 2.25. The van der Waals surface area contributed by atoms with Gasteiger partial charge >= 0.3 is 0 Å². The quantitative estimate of drug-likeness (QED) is 0.274. The van der Waals surface area contributed by atoms with E-state index in [2.05, 4.69) is 85.5 Å². The summed E-state index contributed by atoms with van der Waals surface area (Å²) in [7, 11) is 11.3. The van der Waals surface area contributed by atoms with Crippen LogP contribution in [0.4, 0.5) is 0 Å². The lowest BCUT2D eigenvalue weighted by Gasteiger charge is -2.16. The summed E-state index contributed by atoms with van der Waals surface area (Å²) in [6.07, 6.45) is 0.470. The van der Waals surface area contributed by atoms with E-state index in [0.29, 0.717) is 13.2 Å². The zero-order chi connectivity index (χ0) is 23.4. The molecule has 6 atom stereocenters. The van der Waals surface area contributed by atoms with Gasteiger partial charge in [0, 0.05) is 21.2 Å². The molecule has 0 N–H and O–H groups in total. The van der Waals surface area contributed by atoms with Crippen molar-refractivity contribution in [1.82, 2.24) is 0 Å². The SMILES string of the molecule is Pc1cc2cc(-c3ccc4c(P)c(OCC5CO5)c(P)cc4c3)ccc2c(P)c1OCC1CO1. The summed E-state index contributed by atoms with van der Waals surface area (Å²) in [5, 5.41) is 8.99. The molecule has 4 nitrogen and oxygen atoms in total. The van der Waals surface area contributed by atoms with Gasteiger partial charge in [-0.15, -0.1) is 37.0 Å². The molecule has 2 aliphatic rings. The van der Waals surface area contributed by atoms with E-state index in [1.54, 1.807) is 0 Å². The molecule has 0 amide bonds. The topological polar surface area (TPSA) is 43.5 Å². The molecule has 6 unspecified atom stereocenters. The molecule has 174 valence electrons. The molecule has 4 aromatic rings. The van der Waals surface area contributed by atoms with E-state index >= 15 is 0 Å². The van der Waals surface area contributed by atoms with Crippen LogP contribution in [0.25, 0.3) is 32.7 Å². The maximum absolute atomic E-state index is 6.04. The number of epoxide rings is 2. The van der Waals surface area contributed by atoms with Gasteiger partial charge in [-0.05, 0) is 56.9 Å². The van der Waals surface area contributed by atoms with Crippen molar-refractivity contribution in [3.63, 3.8) is 0 Å². The molecule has 2 aliphatic heterocycles. The predicted molar refractivity (Wildman–Crippen MR) is 155 cm³/mol. The van der Waals surface area contributed by atoms with E-state index in [1.165, 1.54) is 32.7 Å². The summed E-state index contributed by atoms with van der Waals surface area (Å²) in [5.74, 6) is 1.81. The zero-order valence-electron chi connectivity index (χ0n) is 18.5. The van der Waals surface area contributed by atoms with Crippen molar-refractivity contribution in [2.24, 2.45) is 0 Å². The molecule has 0 aromatic heterocycles. The Labute approximate surface area is 208 Å². The second-order valence-electron chi connectivity index (χ2n) is 8.82. The van der Waals surface area contributed by atoms with E-state index in [9.17, 15) is 0 Å². The molecule has 0 aliphatic carbocycles. The molecule has 6 rings (SSSR count). The summed E-state index contributed by atoms with van der Waals surface area (Å²) in [5.41, 5.74) is 2.37. The summed E-state index contributed by atoms with van der Waals surface area (Å²) >= 11 is 0. The lowest BCUT2D eigenvalue weighted by Crippen LogP contribution is -2.16. The van der Waals surface area contributed by atoms with Gasteiger partial charge in [0.2, 0.25) is 0 Å². The van der Waals surface area contributed by atoms with Crippen LogP contribution in [0.3, 0.4) is 0 Å². The van der Waals surface area contributed by atoms with Gasteiger partial charge in [0.1, 0.15) is 36.9 Å². The maximum Gasteiger partial charge on any atom is 0.134 e. The second-order valence-corrected chi connectivity index (χ2v) is 11.2. The van der Waals surface area contributed by atoms with E-state index in [-0.39, 0.29) is 12.2 Å². The first-order chi connectivity index (χ1) is 16.5. The fraction of sp³-hybridized carbons (Fsp3) is 0.231. The third-order valence-corrected chi connectivity index (χ3v) is 8.29. The number of ether oxygens (including phenoxy) is 4. The van der Waals surface area contributed by atoms with E-state index in [1.807, 2.05) is 0 Å². The first-order valence-electron chi connectivity index (χ1n) is 11.2. The van der Waals surface area contributed by atoms with Crippen LogP contribution in [0.5, 0.6) is 11.5 Å². The highest BCUT2D eigenvalue weighted by atomic mass is 31.0. The van der Waals surface area contributed by atoms with Gasteiger partial charge in [-0.1, -0.05) is 24.3 Å². The van der Waals surface area contributed by atoms with Gasteiger partial charge in [-0.3, -0.25) is 0 Å². The number of benzene rings is 4. The van der Waals surface area contributed by atoms with Crippen LogP contribution >= 0.6 is 37.0 Å². The first kappa shape index (κ1) is 23.1. The maximum atomic E-state index is 6.04. The summed E-state index contributed by atoms with van der Waals surface area (Å²) in [4.78, 5) is 0. The van der Waals surface area contributed by atoms with Crippen LogP contribution in [0.15, 0.2) is 48.5 Å². The minimum Gasteiger partial charge on any atom is -0.489 e. The van der Waals surface area contributed by atoms with Crippen molar-refractivity contribution < 1.29 is 18.9 Å². The largest absolute Gasteiger partial charge is 0.489 e. The zero-order valence-corrected chi connectivity index (χ0v) is 23.2. The van der Waals surface area contributed by atoms with Crippen molar-refractivity contribution in [2.45, 2.75) is 12.2 Å². The third kappa shape index (κ3) is 4.58. The molecule has 0 radical (unpaired) electrons. The van der Waals surface area contributed by atoms with Crippen LogP contribution in [0.2, 0.25) is 0 Å². The smallest absolute Gasteiger partial charge is 0.134 e. The second kappa shape index (κ2) is 9.26. The molecule has 34 heavy (non-hydrogen) atoms. The molecule has 2 heterocycles. The molecule has 0 spiro atoms. The molecular weight excluding hydrogens is 500 g/mol. The molecule has 4 aromatic carbocycles. The molecule has 2 saturated heterocycles. The number of fused-ring (bicyclic) bond motifs is 2. The Bertz CT molecular complexity index is 1320. The van der Waals surface area contributed by atoms with Gasteiger partial charge in [-0.25, -0.2) is 0 Å². The molecule has 2 fully saturated rings. The highest BCUT2D eigenvalue weighted by molar-refractivity contribution is 7.31. The van der Waals surface area contributed by atoms with E-state index < -0.39 is 0 Å². The Morgan fingerprint density at radius 3 is 1.44 bits per heavy atom. The summed E-state index contributed by atoms with van der Waals surface area (Å²) in [6, 6.07) is 17.6. The summed E-state index contributed by atoms with van der Waals surface area (Å²) < 4.78 is 22.7. The van der Waals surface area contributed by atoms with Gasteiger partial charge in [0.15, 0.2) is 0 Å². The van der Waals surface area contributed by atoms with Gasteiger partial charge in [0.05, 0.1) is 13.2 Å². The minimum atomic E-state index is 0.235. The first-order valence-corrected chi connectivity index (χ1v) is 13.5. The van der Waals surface area contributed by atoms with Crippen LogP contribution in [-0.4, -0.2) is 38.6 Å². The number of hydrogen-bond acceptors (Lipinski definition) is 4. The van der Waals surface area contributed by atoms with Gasteiger partial charge in [-0.2, -0.15) is 0 Å². The van der Waals surface area contributed by atoms with Crippen LogP contribution in [0.1, 0.15) is 0 Å². The Morgan fingerprint density at radius 1 is 0.647 bits per heavy atom. The van der Waals surface area contributed by atoms with Crippen molar-refractivity contribution in [3.8, 4) is 22.6 Å². The van der Waals surface area contributed by atoms with Crippen LogP contribution in [0, 0.1) is 0 Å². The van der Waals surface area contributed by atoms with Crippen LogP contribution in [-0.2, 0) is 9.47 Å². The monoisotopic (exact) mass is 526 g/mol. The average molecular weight is 526 g/mol. The highest BCUT2D eigenvalue weighted by Crippen LogP contribution is 2.31.